The van der Waals surface area contributed by atoms with Crippen molar-refractivity contribution in [1.29, 1.82) is 0 Å². The van der Waals surface area contributed by atoms with Crippen LogP contribution in [-0.4, -0.2) is 9.55 Å². The molecule has 2 aromatic rings. The van der Waals surface area contributed by atoms with Crippen molar-refractivity contribution >= 4 is 32.9 Å². The highest BCUT2D eigenvalue weighted by Crippen LogP contribution is 2.35. The molecule has 0 aliphatic carbocycles. The van der Waals surface area contributed by atoms with Crippen LogP contribution in [0.2, 0.25) is 0 Å². The number of imidazole rings is 1. The van der Waals surface area contributed by atoms with Crippen LogP contribution in [0.3, 0.4) is 0 Å². The molecule has 2 rings (SSSR count). The van der Waals surface area contributed by atoms with Crippen LogP contribution >= 0.6 is 15.9 Å². The number of nitrogens with two attached hydrogens (primary N) is 1. The Labute approximate surface area is 117 Å². The molecule has 18 heavy (non-hydrogen) atoms. The Balaban J connectivity index is 2.76. The molecule has 0 atom stereocenters. The normalized spacial score (nSPS) is 12.2. The summed E-state index contributed by atoms with van der Waals surface area (Å²) in [5.41, 5.74) is 8.31. The summed E-state index contributed by atoms with van der Waals surface area (Å²) in [4.78, 5) is 4.48. The molecule has 0 bridgehead atoms. The van der Waals surface area contributed by atoms with Gasteiger partial charge in [0.05, 0.1) is 11.0 Å². The van der Waals surface area contributed by atoms with E-state index in [4.69, 9.17) is 5.73 Å². The quantitative estimate of drug-likeness (QED) is 0.914. The van der Waals surface area contributed by atoms with E-state index in [1.807, 2.05) is 12.1 Å². The summed E-state index contributed by atoms with van der Waals surface area (Å²) in [6, 6.07) is 6.12. The molecule has 0 saturated carbocycles. The van der Waals surface area contributed by atoms with Gasteiger partial charge in [0.25, 0.3) is 0 Å². The van der Waals surface area contributed by atoms with E-state index < -0.39 is 0 Å². The first kappa shape index (κ1) is 13.4. The van der Waals surface area contributed by atoms with E-state index in [1.54, 1.807) is 0 Å². The van der Waals surface area contributed by atoms with E-state index in [2.05, 4.69) is 52.3 Å². The van der Waals surface area contributed by atoms with Gasteiger partial charge in [-0.15, -0.1) is 0 Å². The zero-order valence-corrected chi connectivity index (χ0v) is 12.8. The van der Waals surface area contributed by atoms with Gasteiger partial charge in [-0.1, -0.05) is 36.7 Å². The molecule has 0 radical (unpaired) electrons. The topological polar surface area (TPSA) is 43.8 Å². The molecule has 1 aromatic carbocycles. The predicted octanol–water partition coefficient (Wildman–Crippen LogP) is 4.31. The molecule has 0 unspecified atom stereocenters. The Morgan fingerprint density at radius 2 is 1.83 bits per heavy atom. The smallest absolute Gasteiger partial charge is 0.201 e. The molecule has 98 valence electrons. The van der Waals surface area contributed by atoms with E-state index in [0.717, 1.165) is 34.8 Å². The monoisotopic (exact) mass is 309 g/mol. The van der Waals surface area contributed by atoms with Crippen molar-refractivity contribution in [3.8, 4) is 0 Å². The average Bonchev–Trinajstić information content (AvgIpc) is 2.69. The lowest BCUT2D eigenvalue weighted by Crippen LogP contribution is -2.32. The number of rotatable bonds is 4. The van der Waals surface area contributed by atoms with E-state index in [0.29, 0.717) is 5.95 Å². The summed E-state index contributed by atoms with van der Waals surface area (Å²) < 4.78 is 3.28. The first-order valence-electron chi connectivity index (χ1n) is 6.52. The number of fused-ring (bicyclic) bond motifs is 1. The fourth-order valence-corrected chi connectivity index (χ4v) is 3.14. The first-order valence-corrected chi connectivity index (χ1v) is 7.31. The highest BCUT2D eigenvalue weighted by molar-refractivity contribution is 9.10. The molecule has 3 nitrogen and oxygen atoms in total. The first-order chi connectivity index (χ1) is 8.57. The molecule has 0 amide bonds. The maximum absolute atomic E-state index is 6.15. The van der Waals surface area contributed by atoms with Gasteiger partial charge < -0.3 is 10.3 Å². The molecule has 0 aliphatic rings. The van der Waals surface area contributed by atoms with Gasteiger partial charge >= 0.3 is 0 Å². The van der Waals surface area contributed by atoms with Crippen LogP contribution in [0, 0.1) is 0 Å². The van der Waals surface area contributed by atoms with Crippen molar-refractivity contribution in [1.82, 2.24) is 9.55 Å². The molecule has 1 heterocycles. The van der Waals surface area contributed by atoms with E-state index in [9.17, 15) is 0 Å². The second-order valence-corrected chi connectivity index (χ2v) is 5.64. The molecular weight excluding hydrogens is 290 g/mol. The Bertz CT molecular complexity index is 547. The van der Waals surface area contributed by atoms with Gasteiger partial charge in [-0.2, -0.15) is 0 Å². The number of hydrogen-bond acceptors (Lipinski definition) is 2. The fraction of sp³-hybridized carbons (Fsp3) is 0.500. The minimum atomic E-state index is 0.0691. The lowest BCUT2D eigenvalue weighted by molar-refractivity contribution is 0.262. The van der Waals surface area contributed by atoms with Crippen LogP contribution in [0.25, 0.3) is 11.0 Å². The summed E-state index contributed by atoms with van der Waals surface area (Å²) in [5, 5.41) is 0. The van der Waals surface area contributed by atoms with Crippen molar-refractivity contribution in [3.63, 3.8) is 0 Å². The predicted molar refractivity (Wildman–Crippen MR) is 80.7 cm³/mol. The number of halogens is 1. The van der Waals surface area contributed by atoms with Crippen molar-refractivity contribution < 1.29 is 0 Å². The SMILES string of the molecule is CCC(CC)(CC)n1c(N)nc2ccc(Br)cc21. The highest BCUT2D eigenvalue weighted by Gasteiger charge is 2.29. The molecule has 0 spiro atoms. The van der Waals surface area contributed by atoms with Crippen LogP contribution in [0.5, 0.6) is 0 Å². The number of hydrogen-bond donors (Lipinski definition) is 1. The van der Waals surface area contributed by atoms with Crippen LogP contribution in [0.15, 0.2) is 22.7 Å². The van der Waals surface area contributed by atoms with E-state index >= 15 is 0 Å². The van der Waals surface area contributed by atoms with E-state index in [1.165, 1.54) is 0 Å². The molecular formula is C14H20BrN3. The van der Waals surface area contributed by atoms with Crippen molar-refractivity contribution in [2.24, 2.45) is 0 Å². The molecule has 0 aliphatic heterocycles. The van der Waals surface area contributed by atoms with Gasteiger partial charge in [-0.25, -0.2) is 4.98 Å². The Morgan fingerprint density at radius 1 is 1.22 bits per heavy atom. The van der Waals surface area contributed by atoms with Crippen LogP contribution in [0.1, 0.15) is 40.0 Å². The lowest BCUT2D eigenvalue weighted by atomic mass is 9.89. The molecule has 1 aromatic heterocycles. The summed E-state index contributed by atoms with van der Waals surface area (Å²) in [7, 11) is 0. The number of aromatic nitrogens is 2. The largest absolute Gasteiger partial charge is 0.369 e. The van der Waals surface area contributed by atoms with Gasteiger partial charge in [0.2, 0.25) is 5.95 Å². The third-order valence-corrected chi connectivity index (χ3v) is 4.58. The van der Waals surface area contributed by atoms with Crippen LogP contribution in [-0.2, 0) is 5.54 Å². The van der Waals surface area contributed by atoms with Gasteiger partial charge in [-0.05, 0) is 37.5 Å². The second-order valence-electron chi connectivity index (χ2n) is 4.72. The Hall–Kier alpha value is -1.03. The van der Waals surface area contributed by atoms with Crippen molar-refractivity contribution in [2.75, 3.05) is 5.73 Å². The fourth-order valence-electron chi connectivity index (χ4n) is 2.79. The van der Waals surface area contributed by atoms with Crippen molar-refractivity contribution in [2.45, 2.75) is 45.6 Å². The molecule has 0 saturated heterocycles. The number of nitrogen functional groups attached to an aromatic ring is 1. The molecule has 4 heteroatoms. The lowest BCUT2D eigenvalue weighted by Gasteiger charge is -2.33. The third-order valence-electron chi connectivity index (χ3n) is 4.09. The summed E-state index contributed by atoms with van der Waals surface area (Å²) in [6.07, 6.45) is 3.17. The Morgan fingerprint density at radius 3 is 2.39 bits per heavy atom. The van der Waals surface area contributed by atoms with Gasteiger partial charge in [0.15, 0.2) is 0 Å². The standard InChI is InChI=1S/C14H20BrN3/c1-4-14(5-2,6-3)18-12-9-10(15)7-8-11(12)17-13(18)16/h7-9H,4-6H2,1-3H3,(H2,16,17). The summed E-state index contributed by atoms with van der Waals surface area (Å²) >= 11 is 3.53. The third kappa shape index (κ3) is 1.92. The molecule has 0 fully saturated rings. The number of anilines is 1. The summed E-state index contributed by atoms with van der Waals surface area (Å²) in [5.74, 6) is 0.619. The van der Waals surface area contributed by atoms with Crippen molar-refractivity contribution in [3.05, 3.63) is 22.7 Å². The van der Waals surface area contributed by atoms with Gasteiger partial charge in [0.1, 0.15) is 0 Å². The maximum atomic E-state index is 6.15. The van der Waals surface area contributed by atoms with E-state index in [-0.39, 0.29) is 5.54 Å². The maximum Gasteiger partial charge on any atom is 0.201 e. The number of benzene rings is 1. The van der Waals surface area contributed by atoms with Crippen LogP contribution < -0.4 is 5.73 Å². The minimum Gasteiger partial charge on any atom is -0.369 e. The minimum absolute atomic E-state index is 0.0691. The zero-order chi connectivity index (χ0) is 13.3. The average molecular weight is 310 g/mol. The highest BCUT2D eigenvalue weighted by atomic mass is 79.9. The molecule has 2 N–H and O–H groups in total. The second kappa shape index (κ2) is 4.92. The summed E-state index contributed by atoms with van der Waals surface area (Å²) in [6.45, 7) is 6.66. The van der Waals surface area contributed by atoms with Crippen LogP contribution in [0.4, 0.5) is 5.95 Å². The van der Waals surface area contributed by atoms with Gasteiger partial charge in [-0.3, -0.25) is 0 Å². The zero-order valence-electron chi connectivity index (χ0n) is 11.2. The number of nitrogens with zero attached hydrogens (tertiary/aromatic N) is 2. The van der Waals surface area contributed by atoms with Gasteiger partial charge in [0, 0.05) is 10.0 Å². The Kier molecular flexibility index (Phi) is 3.66.